The zero-order valence-corrected chi connectivity index (χ0v) is 30.3. The predicted octanol–water partition coefficient (Wildman–Crippen LogP) is 6.71. The van der Waals surface area contributed by atoms with E-state index in [1.54, 1.807) is 9.58 Å². The highest BCUT2D eigenvalue weighted by atomic mass is 79.9. The van der Waals surface area contributed by atoms with Crippen molar-refractivity contribution >= 4 is 44.8 Å². The second-order valence-electron chi connectivity index (χ2n) is 13.2. The van der Waals surface area contributed by atoms with E-state index in [0.717, 1.165) is 26.9 Å². The monoisotopic (exact) mass is 758 g/mol. The predicted molar refractivity (Wildman–Crippen MR) is 204 cm³/mol. The van der Waals surface area contributed by atoms with Gasteiger partial charge in [0.2, 0.25) is 5.91 Å². The number of carbonyl (C=O) groups excluding carboxylic acids is 2. The lowest BCUT2D eigenvalue weighted by Crippen LogP contribution is -2.44. The number of carbonyl (C=O) groups is 2. The number of aliphatic hydroxyl groups is 2. The molecule has 4 aromatic carbocycles. The fourth-order valence-electron chi connectivity index (χ4n) is 6.88. The second-order valence-corrected chi connectivity index (χ2v) is 14.1. The molecule has 2 N–H and O–H groups in total. The SMILES string of the molecule is C[C@H](/C=C/CCn1cc(C(CO)c2ccccc2)nn1)[C@@]1(O)C(=O)N(Cc2ccc(N3N=C(c4ccccc4)CCC3=O)cc2)c2ccc(Br)cc21. The Morgan fingerprint density at radius 3 is 2.40 bits per heavy atom. The van der Waals surface area contributed by atoms with Crippen molar-refractivity contribution in [2.75, 3.05) is 16.5 Å². The van der Waals surface area contributed by atoms with Gasteiger partial charge in [-0.25, -0.2) is 5.01 Å². The molecule has 0 fully saturated rings. The maximum Gasteiger partial charge on any atom is 0.264 e. The normalized spacial score (nSPS) is 18.5. The molecule has 2 amide bonds. The number of nitrogens with zero attached hydrogens (tertiary/aromatic N) is 6. The highest BCUT2D eigenvalue weighted by Gasteiger charge is 2.52. The van der Waals surface area contributed by atoms with E-state index in [1.807, 2.05) is 128 Å². The van der Waals surface area contributed by atoms with E-state index in [0.29, 0.717) is 48.4 Å². The maximum atomic E-state index is 14.1. The molecule has 264 valence electrons. The number of hydrazone groups is 1. The maximum absolute atomic E-state index is 14.1. The van der Waals surface area contributed by atoms with Crippen molar-refractivity contribution in [3.05, 3.63) is 154 Å². The summed E-state index contributed by atoms with van der Waals surface area (Å²) in [4.78, 5) is 28.6. The highest BCUT2D eigenvalue weighted by Crippen LogP contribution is 2.47. The first-order chi connectivity index (χ1) is 25.3. The molecular formula is C41H39BrN6O4. The van der Waals surface area contributed by atoms with Crippen LogP contribution in [0.4, 0.5) is 11.4 Å². The van der Waals surface area contributed by atoms with E-state index in [4.69, 9.17) is 0 Å². The summed E-state index contributed by atoms with van der Waals surface area (Å²) in [5, 5.41) is 36.8. The lowest BCUT2D eigenvalue weighted by atomic mass is 9.83. The van der Waals surface area contributed by atoms with E-state index >= 15 is 0 Å². The molecule has 2 aliphatic heterocycles. The molecule has 7 rings (SSSR count). The van der Waals surface area contributed by atoms with Crippen LogP contribution >= 0.6 is 15.9 Å². The molecule has 0 radical (unpaired) electrons. The van der Waals surface area contributed by atoms with Crippen LogP contribution in [-0.2, 0) is 28.3 Å². The average Bonchev–Trinajstić information content (AvgIpc) is 3.72. The van der Waals surface area contributed by atoms with Crippen LogP contribution in [0.5, 0.6) is 0 Å². The van der Waals surface area contributed by atoms with Gasteiger partial charge in [-0.3, -0.25) is 14.3 Å². The molecule has 3 heterocycles. The first-order valence-electron chi connectivity index (χ1n) is 17.4. The van der Waals surface area contributed by atoms with Gasteiger partial charge >= 0.3 is 0 Å². The van der Waals surface area contributed by atoms with Gasteiger partial charge in [0.15, 0.2) is 5.60 Å². The summed E-state index contributed by atoms with van der Waals surface area (Å²) in [6.45, 7) is 2.56. The molecule has 5 aromatic rings. The molecule has 0 saturated carbocycles. The van der Waals surface area contributed by atoms with Gasteiger partial charge in [-0.15, -0.1) is 5.10 Å². The van der Waals surface area contributed by atoms with Crippen molar-refractivity contribution in [1.82, 2.24) is 15.0 Å². The molecule has 11 heteroatoms. The molecule has 0 aliphatic carbocycles. The van der Waals surface area contributed by atoms with Crippen LogP contribution < -0.4 is 9.91 Å². The summed E-state index contributed by atoms with van der Waals surface area (Å²) in [6, 6.07) is 32.6. The van der Waals surface area contributed by atoms with Crippen molar-refractivity contribution in [2.45, 2.75) is 50.8 Å². The molecule has 10 nitrogen and oxygen atoms in total. The Kier molecular flexibility index (Phi) is 10.3. The third kappa shape index (κ3) is 6.99. The van der Waals surface area contributed by atoms with E-state index in [2.05, 4.69) is 31.3 Å². The summed E-state index contributed by atoms with van der Waals surface area (Å²) in [5.41, 5.74) is 4.43. The van der Waals surface area contributed by atoms with Crippen molar-refractivity contribution in [3.8, 4) is 0 Å². The van der Waals surface area contributed by atoms with E-state index < -0.39 is 17.4 Å². The summed E-state index contributed by atoms with van der Waals surface area (Å²) in [6.07, 6.45) is 7.23. The minimum absolute atomic E-state index is 0.0711. The Hall–Kier alpha value is -5.23. The lowest BCUT2D eigenvalue weighted by Gasteiger charge is -2.28. The van der Waals surface area contributed by atoms with Crippen LogP contribution in [0.2, 0.25) is 0 Å². The van der Waals surface area contributed by atoms with Gasteiger partial charge in [0.05, 0.1) is 41.8 Å². The first kappa shape index (κ1) is 35.2. The van der Waals surface area contributed by atoms with Gasteiger partial charge in [-0.2, -0.15) is 5.10 Å². The third-order valence-corrected chi connectivity index (χ3v) is 10.3. The topological polar surface area (TPSA) is 124 Å². The number of aliphatic hydroxyl groups excluding tert-OH is 1. The summed E-state index contributed by atoms with van der Waals surface area (Å²) < 4.78 is 2.50. The lowest BCUT2D eigenvalue weighted by molar-refractivity contribution is -0.139. The Balaban J connectivity index is 1.04. The number of rotatable bonds is 12. The number of halogens is 1. The van der Waals surface area contributed by atoms with Gasteiger partial charge in [0.25, 0.3) is 5.91 Å². The van der Waals surface area contributed by atoms with E-state index in [9.17, 15) is 19.8 Å². The molecule has 52 heavy (non-hydrogen) atoms. The molecular weight excluding hydrogens is 720 g/mol. The quantitative estimate of drug-likeness (QED) is 0.136. The Morgan fingerprint density at radius 1 is 0.942 bits per heavy atom. The van der Waals surface area contributed by atoms with Crippen molar-refractivity contribution in [2.24, 2.45) is 11.0 Å². The van der Waals surface area contributed by atoms with Crippen molar-refractivity contribution < 1.29 is 19.8 Å². The summed E-state index contributed by atoms with van der Waals surface area (Å²) >= 11 is 3.53. The minimum Gasteiger partial charge on any atom is -0.395 e. The van der Waals surface area contributed by atoms with Crippen molar-refractivity contribution in [3.63, 3.8) is 0 Å². The largest absolute Gasteiger partial charge is 0.395 e. The Bertz CT molecular complexity index is 2120. The molecule has 1 unspecified atom stereocenters. The number of anilines is 2. The Morgan fingerprint density at radius 2 is 1.67 bits per heavy atom. The highest BCUT2D eigenvalue weighted by molar-refractivity contribution is 9.10. The zero-order chi connectivity index (χ0) is 36.2. The Labute approximate surface area is 310 Å². The number of aryl methyl sites for hydroxylation is 1. The van der Waals surface area contributed by atoms with Gasteiger partial charge in [0, 0.05) is 41.5 Å². The van der Waals surface area contributed by atoms with Crippen LogP contribution in [0, 0.1) is 5.92 Å². The number of benzene rings is 4. The van der Waals surface area contributed by atoms with Gasteiger partial charge in [-0.05, 0) is 53.4 Å². The smallest absolute Gasteiger partial charge is 0.264 e. The van der Waals surface area contributed by atoms with Crippen LogP contribution in [-0.4, -0.2) is 49.3 Å². The number of aromatic nitrogens is 3. The number of hydrogen-bond donors (Lipinski definition) is 2. The number of allylic oxidation sites excluding steroid dienone is 1. The van der Waals surface area contributed by atoms with E-state index in [1.165, 1.54) is 5.01 Å². The van der Waals surface area contributed by atoms with Crippen LogP contribution in [0.1, 0.15) is 60.1 Å². The minimum atomic E-state index is -1.78. The average molecular weight is 760 g/mol. The molecule has 0 saturated heterocycles. The number of amides is 2. The molecule has 0 spiro atoms. The van der Waals surface area contributed by atoms with Gasteiger partial charge < -0.3 is 15.1 Å². The second kappa shape index (κ2) is 15.2. The van der Waals surface area contributed by atoms with Gasteiger partial charge in [-0.1, -0.05) is 113 Å². The van der Waals surface area contributed by atoms with E-state index in [-0.39, 0.29) is 25.0 Å². The van der Waals surface area contributed by atoms with Crippen LogP contribution in [0.15, 0.2) is 131 Å². The molecule has 1 aromatic heterocycles. The summed E-state index contributed by atoms with van der Waals surface area (Å²) in [7, 11) is 0. The first-order valence-corrected chi connectivity index (χ1v) is 18.2. The standard InChI is InChI=1S/C41H39BrN6O4/c1-28(10-8-9-23-46-26-37(43-45-46)34(27-49)30-11-4-2-5-12-30)41(52)35-24-32(42)17-21-38(35)47(40(41)51)25-29-15-18-33(19-16-29)48-39(50)22-20-36(44-48)31-13-6-3-7-14-31/h2-8,10-19,21,24,26,28,34,49,52H,9,20,22-23,25,27H2,1H3/b10-8+/t28-,34?,41+/m1/s1. The number of fused-ring (bicyclic) bond motifs is 1. The molecule has 3 atom stereocenters. The van der Waals surface area contributed by atoms with Crippen molar-refractivity contribution in [1.29, 1.82) is 0 Å². The van der Waals surface area contributed by atoms with Crippen LogP contribution in [0.3, 0.4) is 0 Å². The number of hydrogen-bond acceptors (Lipinski definition) is 7. The third-order valence-electron chi connectivity index (χ3n) is 9.80. The van der Waals surface area contributed by atoms with Gasteiger partial charge in [0.1, 0.15) is 0 Å². The molecule has 0 bridgehead atoms. The summed E-state index contributed by atoms with van der Waals surface area (Å²) in [5.74, 6) is -1.26. The zero-order valence-electron chi connectivity index (χ0n) is 28.7. The molecule has 2 aliphatic rings. The van der Waals surface area contributed by atoms with Crippen LogP contribution in [0.25, 0.3) is 0 Å². The fourth-order valence-corrected chi connectivity index (χ4v) is 7.24. The fraction of sp³-hybridized carbons (Fsp3) is 0.244.